The summed E-state index contributed by atoms with van der Waals surface area (Å²) in [7, 11) is 0. The van der Waals surface area contributed by atoms with E-state index in [9.17, 15) is 0 Å². The van der Waals surface area contributed by atoms with Gasteiger partial charge in [-0.2, -0.15) is 0 Å². The summed E-state index contributed by atoms with van der Waals surface area (Å²) in [5, 5.41) is 3.22. The van der Waals surface area contributed by atoms with Crippen molar-refractivity contribution in [3.05, 3.63) is 46.8 Å². The number of aromatic nitrogens is 2. The molecule has 0 atom stereocenters. The average Bonchev–Trinajstić information content (AvgIpc) is 2.37. The highest BCUT2D eigenvalue weighted by Gasteiger charge is 2.01. The molecule has 1 aromatic carbocycles. The summed E-state index contributed by atoms with van der Waals surface area (Å²) in [5.41, 5.74) is 2.06. The molecule has 0 aliphatic carbocycles. The minimum Gasteiger partial charge on any atom is -0.310 e. The molecule has 1 N–H and O–H groups in total. The Morgan fingerprint density at radius 3 is 2.65 bits per heavy atom. The van der Waals surface area contributed by atoms with E-state index in [1.807, 2.05) is 30.3 Å². The van der Waals surface area contributed by atoms with Crippen LogP contribution >= 0.6 is 15.9 Å². The Balaban J connectivity index is 2.23. The lowest BCUT2D eigenvalue weighted by atomic mass is 10.1. The molecule has 3 nitrogen and oxygen atoms in total. The second-order valence-electron chi connectivity index (χ2n) is 3.65. The first-order chi connectivity index (χ1) is 8.29. The van der Waals surface area contributed by atoms with Gasteiger partial charge in [0.15, 0.2) is 0 Å². The molecule has 0 unspecified atom stereocenters. The maximum Gasteiger partial charge on any atom is 0.142 e. The third-order valence-electron chi connectivity index (χ3n) is 2.38. The lowest BCUT2D eigenvalue weighted by Gasteiger charge is -2.04. The van der Waals surface area contributed by atoms with E-state index in [4.69, 9.17) is 0 Å². The predicted octanol–water partition coefficient (Wildman–Crippen LogP) is 3.02. The van der Waals surface area contributed by atoms with Crippen molar-refractivity contribution in [2.45, 2.75) is 13.5 Å². The molecule has 0 fully saturated rings. The Morgan fingerprint density at radius 1 is 1.18 bits per heavy atom. The highest BCUT2D eigenvalue weighted by Crippen LogP contribution is 2.19. The molecule has 4 heteroatoms. The Kier molecular flexibility index (Phi) is 4.23. The van der Waals surface area contributed by atoms with Gasteiger partial charge in [0.2, 0.25) is 0 Å². The van der Waals surface area contributed by atoms with E-state index in [0.29, 0.717) is 6.54 Å². The largest absolute Gasteiger partial charge is 0.310 e. The molecule has 0 aliphatic heterocycles. The maximum absolute atomic E-state index is 4.52. The Morgan fingerprint density at radius 2 is 1.94 bits per heavy atom. The van der Waals surface area contributed by atoms with E-state index < -0.39 is 0 Å². The molecule has 0 spiro atoms. The third kappa shape index (κ3) is 3.35. The Bertz CT molecular complexity index is 482. The zero-order valence-corrected chi connectivity index (χ0v) is 11.2. The van der Waals surface area contributed by atoms with Crippen molar-refractivity contribution in [1.82, 2.24) is 15.3 Å². The molecule has 0 amide bonds. The molecule has 1 aromatic heterocycles. The van der Waals surface area contributed by atoms with Crippen molar-refractivity contribution in [2.75, 3.05) is 6.54 Å². The lowest BCUT2D eigenvalue weighted by Crippen LogP contribution is -2.14. The van der Waals surface area contributed by atoms with Crippen molar-refractivity contribution in [2.24, 2.45) is 0 Å². The lowest BCUT2D eigenvalue weighted by molar-refractivity contribution is 0.691. The number of hydrogen-bond acceptors (Lipinski definition) is 3. The summed E-state index contributed by atoms with van der Waals surface area (Å²) in [4.78, 5) is 8.76. The van der Waals surface area contributed by atoms with Gasteiger partial charge in [-0.05, 0) is 24.7 Å². The first-order valence-electron chi connectivity index (χ1n) is 5.58. The standard InChI is InChI=1S/C13H14BrN3/c1-2-15-9-13-16-8-7-12(17-13)10-3-5-11(14)6-4-10/h3-8,15H,2,9H2,1H3. The fourth-order valence-corrected chi connectivity index (χ4v) is 1.77. The molecule has 0 saturated carbocycles. The number of halogens is 1. The smallest absolute Gasteiger partial charge is 0.142 e. The maximum atomic E-state index is 4.52. The van der Waals surface area contributed by atoms with Gasteiger partial charge in [0.1, 0.15) is 5.82 Å². The van der Waals surface area contributed by atoms with Gasteiger partial charge >= 0.3 is 0 Å². The van der Waals surface area contributed by atoms with Crippen molar-refractivity contribution >= 4 is 15.9 Å². The molecule has 88 valence electrons. The third-order valence-corrected chi connectivity index (χ3v) is 2.91. The SMILES string of the molecule is CCNCc1nccc(-c2ccc(Br)cc2)n1. The fraction of sp³-hybridized carbons (Fsp3) is 0.231. The summed E-state index contributed by atoms with van der Waals surface area (Å²) in [5.74, 6) is 0.826. The molecule has 2 aromatic rings. The van der Waals surface area contributed by atoms with Crippen LogP contribution in [-0.2, 0) is 6.54 Å². The number of nitrogens with zero attached hydrogens (tertiary/aromatic N) is 2. The summed E-state index contributed by atoms with van der Waals surface area (Å²) >= 11 is 3.42. The van der Waals surface area contributed by atoms with Crippen LogP contribution < -0.4 is 5.32 Å². The van der Waals surface area contributed by atoms with Gasteiger partial charge in [0, 0.05) is 16.2 Å². The average molecular weight is 292 g/mol. The molecule has 17 heavy (non-hydrogen) atoms. The topological polar surface area (TPSA) is 37.8 Å². The molecule has 2 rings (SSSR count). The molecule has 0 radical (unpaired) electrons. The highest BCUT2D eigenvalue weighted by atomic mass is 79.9. The summed E-state index contributed by atoms with van der Waals surface area (Å²) in [6, 6.07) is 10.0. The molecule has 0 aliphatic rings. The van der Waals surface area contributed by atoms with E-state index in [1.54, 1.807) is 6.20 Å². The van der Waals surface area contributed by atoms with Crippen LogP contribution in [0.4, 0.5) is 0 Å². The van der Waals surface area contributed by atoms with Crippen LogP contribution in [0.2, 0.25) is 0 Å². The Hall–Kier alpha value is -1.26. The zero-order chi connectivity index (χ0) is 12.1. The van der Waals surface area contributed by atoms with Crippen LogP contribution in [0.5, 0.6) is 0 Å². The highest BCUT2D eigenvalue weighted by molar-refractivity contribution is 9.10. The van der Waals surface area contributed by atoms with Gasteiger partial charge < -0.3 is 5.32 Å². The molecule has 0 bridgehead atoms. The van der Waals surface area contributed by atoms with Crippen molar-refractivity contribution < 1.29 is 0 Å². The van der Waals surface area contributed by atoms with E-state index in [1.165, 1.54) is 0 Å². The number of rotatable bonds is 4. The van der Waals surface area contributed by atoms with Crippen LogP contribution in [0.3, 0.4) is 0 Å². The van der Waals surface area contributed by atoms with Crippen LogP contribution in [0.1, 0.15) is 12.7 Å². The van der Waals surface area contributed by atoms with Gasteiger partial charge in [0.25, 0.3) is 0 Å². The van der Waals surface area contributed by atoms with Gasteiger partial charge in [-0.25, -0.2) is 9.97 Å². The van der Waals surface area contributed by atoms with E-state index in [-0.39, 0.29) is 0 Å². The quantitative estimate of drug-likeness (QED) is 0.941. The first-order valence-corrected chi connectivity index (χ1v) is 6.37. The molecular weight excluding hydrogens is 278 g/mol. The van der Waals surface area contributed by atoms with Crippen LogP contribution in [0, 0.1) is 0 Å². The predicted molar refractivity (Wildman–Crippen MR) is 72.5 cm³/mol. The van der Waals surface area contributed by atoms with Crippen molar-refractivity contribution in [3.8, 4) is 11.3 Å². The van der Waals surface area contributed by atoms with Gasteiger partial charge in [-0.15, -0.1) is 0 Å². The molecule has 0 saturated heterocycles. The van der Waals surface area contributed by atoms with Gasteiger partial charge in [0.05, 0.1) is 12.2 Å². The summed E-state index contributed by atoms with van der Waals surface area (Å²) in [6.07, 6.45) is 1.80. The zero-order valence-electron chi connectivity index (χ0n) is 9.65. The van der Waals surface area contributed by atoms with Crippen LogP contribution in [0.15, 0.2) is 41.0 Å². The van der Waals surface area contributed by atoms with Crippen LogP contribution in [0.25, 0.3) is 11.3 Å². The minimum atomic E-state index is 0.709. The summed E-state index contributed by atoms with van der Waals surface area (Å²) < 4.78 is 1.07. The number of hydrogen-bond donors (Lipinski definition) is 1. The first kappa shape index (κ1) is 12.2. The number of nitrogens with one attached hydrogen (secondary N) is 1. The fourth-order valence-electron chi connectivity index (χ4n) is 1.50. The van der Waals surface area contributed by atoms with E-state index >= 15 is 0 Å². The van der Waals surface area contributed by atoms with Crippen molar-refractivity contribution in [1.29, 1.82) is 0 Å². The normalized spacial score (nSPS) is 10.5. The van der Waals surface area contributed by atoms with Crippen LogP contribution in [-0.4, -0.2) is 16.5 Å². The molecular formula is C13H14BrN3. The van der Waals surface area contributed by atoms with Gasteiger partial charge in [-0.3, -0.25) is 0 Å². The Labute approximate surface area is 109 Å². The van der Waals surface area contributed by atoms with Gasteiger partial charge in [-0.1, -0.05) is 35.0 Å². The monoisotopic (exact) mass is 291 g/mol. The molecule has 1 heterocycles. The van der Waals surface area contributed by atoms with E-state index in [2.05, 4.69) is 38.1 Å². The van der Waals surface area contributed by atoms with Crippen molar-refractivity contribution in [3.63, 3.8) is 0 Å². The second-order valence-corrected chi connectivity index (χ2v) is 4.56. The summed E-state index contributed by atoms with van der Waals surface area (Å²) in [6.45, 7) is 3.70. The van der Waals surface area contributed by atoms with E-state index in [0.717, 1.165) is 28.1 Å². The minimum absolute atomic E-state index is 0.709. The number of benzene rings is 1. The second kappa shape index (κ2) is 5.89.